The number of ether oxygens (including phenoxy) is 1. The van der Waals surface area contributed by atoms with Crippen molar-refractivity contribution in [2.45, 2.75) is 77.8 Å². The Morgan fingerprint density at radius 1 is 1.09 bits per heavy atom. The van der Waals surface area contributed by atoms with Crippen LogP contribution in [0.15, 0.2) is 54.6 Å². The Balaban J connectivity index is 1.26. The summed E-state index contributed by atoms with van der Waals surface area (Å²) in [5.74, 6) is 0.598. The molecule has 1 aromatic heterocycles. The molecule has 238 valence electrons. The minimum atomic E-state index is -0.963. The summed E-state index contributed by atoms with van der Waals surface area (Å²) in [6.45, 7) is 15.6. The van der Waals surface area contributed by atoms with Crippen LogP contribution in [0.2, 0.25) is 0 Å². The predicted octanol–water partition coefficient (Wildman–Crippen LogP) is 6.43. The van der Waals surface area contributed by atoms with Gasteiger partial charge in [0.15, 0.2) is 0 Å². The molecule has 0 aliphatic carbocycles. The summed E-state index contributed by atoms with van der Waals surface area (Å²) in [5, 5.41) is 15.2. The van der Waals surface area contributed by atoms with Crippen molar-refractivity contribution in [2.75, 3.05) is 39.3 Å². The summed E-state index contributed by atoms with van der Waals surface area (Å²) in [5.41, 5.74) is 3.66. The maximum atomic E-state index is 14.3. The quantitative estimate of drug-likeness (QED) is 0.257. The number of carbonyl (C=O) groups is 1. The first-order chi connectivity index (χ1) is 21.1. The van der Waals surface area contributed by atoms with Crippen molar-refractivity contribution in [2.24, 2.45) is 11.8 Å². The smallest absolute Gasteiger partial charge is 0.324 e. The van der Waals surface area contributed by atoms with Crippen molar-refractivity contribution in [1.29, 1.82) is 0 Å². The highest BCUT2D eigenvalue weighted by Gasteiger charge is 2.49. The molecule has 2 fully saturated rings. The Labute approximate surface area is 262 Å². The summed E-state index contributed by atoms with van der Waals surface area (Å²) in [7, 11) is 0. The number of aryl methyl sites for hydroxylation is 1. The van der Waals surface area contributed by atoms with Gasteiger partial charge in [-0.1, -0.05) is 38.1 Å². The highest BCUT2D eigenvalue weighted by atomic mass is 19.1. The summed E-state index contributed by atoms with van der Waals surface area (Å²) in [6.07, 6.45) is 2.93. The van der Waals surface area contributed by atoms with Gasteiger partial charge in [-0.05, 0) is 100.0 Å². The normalized spacial score (nSPS) is 21.5. The van der Waals surface area contributed by atoms with Gasteiger partial charge in [0.2, 0.25) is 0 Å². The molecule has 0 saturated carbocycles. The lowest BCUT2D eigenvalue weighted by molar-refractivity contribution is -0.153. The van der Waals surface area contributed by atoms with Gasteiger partial charge in [-0.3, -0.25) is 14.4 Å². The van der Waals surface area contributed by atoms with Crippen LogP contribution in [0.3, 0.4) is 0 Å². The number of piperidine rings is 1. The minimum Gasteiger partial charge on any atom is -0.494 e. The van der Waals surface area contributed by atoms with E-state index < -0.39 is 11.5 Å². The molecule has 0 bridgehead atoms. The molecule has 2 saturated heterocycles. The van der Waals surface area contributed by atoms with Crippen molar-refractivity contribution in [1.82, 2.24) is 19.6 Å². The summed E-state index contributed by atoms with van der Waals surface area (Å²) < 4.78 is 22.1. The first-order valence-electron chi connectivity index (χ1n) is 16.4. The molecule has 2 aliphatic rings. The molecule has 0 unspecified atom stereocenters. The van der Waals surface area contributed by atoms with E-state index in [4.69, 9.17) is 9.84 Å². The number of halogens is 1. The molecule has 3 atom stereocenters. The standard InChI is InChI=1S/C36H49FN4O3/c1-6-41-34(21-31(38-41)19-26-11-13-32(14-12-26)44-7-2)27-15-17-39(18-16-27)22-29-23-40(36(5,25(3)4)35(42)43)24-33(29)28-9-8-10-30(37)20-28/h8-14,20-21,25,27,29,33H,6-7,15-19,22-24H2,1-5H3,(H,42,43)/t29-,33+,36-/m0/s1. The van der Waals surface area contributed by atoms with Gasteiger partial charge in [0, 0.05) is 50.1 Å². The monoisotopic (exact) mass is 604 g/mol. The number of carboxylic acid groups (broad SMARTS) is 1. The van der Waals surface area contributed by atoms with Crippen LogP contribution in [0, 0.1) is 17.7 Å². The van der Waals surface area contributed by atoms with E-state index in [9.17, 15) is 14.3 Å². The first-order valence-corrected chi connectivity index (χ1v) is 16.4. The van der Waals surface area contributed by atoms with E-state index >= 15 is 0 Å². The number of carboxylic acids is 1. The van der Waals surface area contributed by atoms with Gasteiger partial charge in [0.05, 0.1) is 12.3 Å². The third kappa shape index (κ3) is 6.86. The largest absolute Gasteiger partial charge is 0.494 e. The zero-order chi connectivity index (χ0) is 31.4. The van der Waals surface area contributed by atoms with E-state index in [1.165, 1.54) is 17.3 Å². The van der Waals surface area contributed by atoms with Gasteiger partial charge in [0.1, 0.15) is 17.1 Å². The van der Waals surface area contributed by atoms with Gasteiger partial charge in [-0.2, -0.15) is 5.10 Å². The Morgan fingerprint density at radius 2 is 1.82 bits per heavy atom. The topological polar surface area (TPSA) is 70.8 Å². The molecule has 7 nitrogen and oxygen atoms in total. The number of hydrogen-bond acceptors (Lipinski definition) is 5. The third-order valence-corrected chi connectivity index (χ3v) is 10.2. The van der Waals surface area contributed by atoms with Crippen molar-refractivity contribution in [3.63, 3.8) is 0 Å². The molecule has 8 heteroatoms. The van der Waals surface area contributed by atoms with Gasteiger partial charge in [-0.25, -0.2) is 4.39 Å². The number of aromatic nitrogens is 2. The molecular weight excluding hydrogens is 555 g/mol. The van der Waals surface area contributed by atoms with Gasteiger partial charge < -0.3 is 14.7 Å². The van der Waals surface area contributed by atoms with E-state index in [0.29, 0.717) is 25.6 Å². The van der Waals surface area contributed by atoms with Crippen molar-refractivity contribution < 1.29 is 19.0 Å². The van der Waals surface area contributed by atoms with Gasteiger partial charge in [-0.15, -0.1) is 0 Å². The molecule has 0 spiro atoms. The molecule has 2 aliphatic heterocycles. The zero-order valence-corrected chi connectivity index (χ0v) is 27.0. The SMILES string of the molecule is CCOc1ccc(Cc2cc(C3CCN(C[C@H]4CN([C@](C)(C(=O)O)C(C)C)C[C@@H]4c4cccc(F)c4)CC3)n(CC)n2)cc1. The fourth-order valence-corrected chi connectivity index (χ4v) is 7.28. The fraction of sp³-hybridized carbons (Fsp3) is 0.556. The highest BCUT2D eigenvalue weighted by Crippen LogP contribution is 2.40. The maximum Gasteiger partial charge on any atom is 0.324 e. The van der Waals surface area contributed by atoms with E-state index in [0.717, 1.165) is 62.4 Å². The lowest BCUT2D eigenvalue weighted by atomic mass is 9.86. The van der Waals surface area contributed by atoms with E-state index in [1.807, 2.05) is 45.9 Å². The van der Waals surface area contributed by atoms with E-state index in [2.05, 4.69) is 39.6 Å². The average Bonchev–Trinajstić information content (AvgIpc) is 3.62. The second-order valence-corrected chi connectivity index (χ2v) is 13.1. The summed E-state index contributed by atoms with van der Waals surface area (Å²) in [4.78, 5) is 17.2. The second-order valence-electron chi connectivity index (χ2n) is 13.1. The molecular formula is C36H49FN4O3. The number of aliphatic carboxylic acids is 1. The number of nitrogens with zero attached hydrogens (tertiary/aromatic N) is 4. The average molecular weight is 605 g/mol. The van der Waals surface area contributed by atoms with Crippen molar-refractivity contribution in [3.05, 3.63) is 82.9 Å². The molecule has 0 radical (unpaired) electrons. The molecule has 5 rings (SSSR count). The second kappa shape index (κ2) is 13.8. The van der Waals surface area contributed by atoms with Gasteiger partial charge >= 0.3 is 5.97 Å². The molecule has 44 heavy (non-hydrogen) atoms. The van der Waals surface area contributed by atoms with Crippen LogP contribution >= 0.6 is 0 Å². The maximum absolute atomic E-state index is 14.3. The number of hydrogen-bond donors (Lipinski definition) is 1. The highest BCUT2D eigenvalue weighted by molar-refractivity contribution is 5.78. The molecule has 0 amide bonds. The van der Waals surface area contributed by atoms with Gasteiger partial charge in [0.25, 0.3) is 0 Å². The Bertz CT molecular complexity index is 1400. The lowest BCUT2D eigenvalue weighted by Gasteiger charge is -2.39. The fourth-order valence-electron chi connectivity index (χ4n) is 7.28. The van der Waals surface area contributed by atoms with Crippen LogP contribution in [0.4, 0.5) is 4.39 Å². The van der Waals surface area contributed by atoms with Crippen LogP contribution in [0.25, 0.3) is 0 Å². The third-order valence-electron chi connectivity index (χ3n) is 10.2. The van der Waals surface area contributed by atoms with E-state index in [1.54, 1.807) is 12.1 Å². The van der Waals surface area contributed by atoms with Crippen LogP contribution in [-0.4, -0.2) is 75.5 Å². The minimum absolute atomic E-state index is 0.0506. The van der Waals surface area contributed by atoms with Crippen molar-refractivity contribution >= 4 is 5.97 Å². The molecule has 1 N–H and O–H groups in total. The number of rotatable bonds is 12. The van der Waals surface area contributed by atoms with Crippen LogP contribution < -0.4 is 4.74 Å². The molecule has 3 aromatic rings. The number of benzene rings is 2. The Hall–Kier alpha value is -3.23. The molecule has 3 heterocycles. The van der Waals surface area contributed by atoms with E-state index in [-0.39, 0.29) is 23.6 Å². The zero-order valence-electron chi connectivity index (χ0n) is 27.0. The van der Waals surface area contributed by atoms with Crippen LogP contribution in [-0.2, 0) is 17.8 Å². The van der Waals surface area contributed by atoms with Crippen molar-refractivity contribution in [3.8, 4) is 5.75 Å². The summed E-state index contributed by atoms with van der Waals surface area (Å²) >= 11 is 0. The first kappa shape index (κ1) is 32.2. The van der Waals surface area contributed by atoms with Crippen LogP contribution in [0.5, 0.6) is 5.75 Å². The predicted molar refractivity (Wildman–Crippen MR) is 172 cm³/mol. The molecule has 2 aromatic carbocycles. The van der Waals surface area contributed by atoms with Crippen LogP contribution in [0.1, 0.15) is 81.8 Å². The number of likely N-dealkylation sites (tertiary alicyclic amines) is 2. The Kier molecular flexibility index (Phi) is 10.1. The summed E-state index contributed by atoms with van der Waals surface area (Å²) in [6, 6.07) is 17.5. The lowest BCUT2D eigenvalue weighted by Crippen LogP contribution is -2.55. The Morgan fingerprint density at radius 3 is 2.43 bits per heavy atom.